The van der Waals surface area contributed by atoms with Gasteiger partial charge in [-0.15, -0.1) is 0 Å². The summed E-state index contributed by atoms with van der Waals surface area (Å²) in [4.78, 5) is 14.9. The predicted molar refractivity (Wildman–Crippen MR) is 109 cm³/mol. The third-order valence-corrected chi connectivity index (χ3v) is 5.67. The van der Waals surface area contributed by atoms with E-state index in [0.29, 0.717) is 11.6 Å². The Morgan fingerprint density at radius 3 is 2.71 bits per heavy atom. The molecule has 3 heterocycles. The van der Waals surface area contributed by atoms with Crippen molar-refractivity contribution in [2.75, 3.05) is 13.1 Å². The number of aromatic amines is 1. The van der Waals surface area contributed by atoms with Crippen LogP contribution >= 0.6 is 0 Å². The van der Waals surface area contributed by atoms with E-state index in [1.54, 1.807) is 6.20 Å². The topological polar surface area (TPSA) is 66.8 Å². The molecule has 1 N–H and O–H groups in total. The highest BCUT2D eigenvalue weighted by Gasteiger charge is 2.28. The number of hydrogen-bond donors (Lipinski definition) is 1. The van der Waals surface area contributed by atoms with Gasteiger partial charge in [-0.1, -0.05) is 31.2 Å². The lowest BCUT2D eigenvalue weighted by atomic mass is 9.88. The lowest BCUT2D eigenvalue weighted by Crippen LogP contribution is -2.39. The van der Waals surface area contributed by atoms with Gasteiger partial charge in [-0.25, -0.2) is 0 Å². The number of rotatable bonds is 5. The number of aromatic nitrogens is 4. The van der Waals surface area contributed by atoms with E-state index < -0.39 is 0 Å². The number of amides is 1. The molecule has 1 fully saturated rings. The molecule has 1 aromatic carbocycles. The van der Waals surface area contributed by atoms with Crippen LogP contribution in [-0.2, 0) is 6.54 Å². The number of piperidine rings is 1. The molecule has 0 saturated carbocycles. The molecule has 4 rings (SSSR count). The molecule has 146 valence electrons. The highest BCUT2D eigenvalue weighted by atomic mass is 16.2. The number of carbonyl (C=O) groups is 1. The minimum atomic E-state index is 0.0909. The minimum absolute atomic E-state index is 0.0909. The zero-order valence-corrected chi connectivity index (χ0v) is 16.6. The van der Waals surface area contributed by atoms with E-state index in [1.807, 2.05) is 21.8 Å². The van der Waals surface area contributed by atoms with Gasteiger partial charge in [0.2, 0.25) is 0 Å². The summed E-state index contributed by atoms with van der Waals surface area (Å²) in [5.74, 6) is 0.481. The van der Waals surface area contributed by atoms with Gasteiger partial charge in [0.1, 0.15) is 5.69 Å². The van der Waals surface area contributed by atoms with Crippen molar-refractivity contribution in [3.63, 3.8) is 0 Å². The Bertz CT molecular complexity index is 949. The number of likely N-dealkylation sites (tertiary alicyclic amines) is 1. The highest BCUT2D eigenvalue weighted by Crippen LogP contribution is 2.35. The summed E-state index contributed by atoms with van der Waals surface area (Å²) in [7, 11) is 0. The van der Waals surface area contributed by atoms with Crippen molar-refractivity contribution >= 4 is 5.91 Å². The van der Waals surface area contributed by atoms with E-state index in [2.05, 4.69) is 53.4 Å². The van der Waals surface area contributed by atoms with E-state index >= 15 is 0 Å². The van der Waals surface area contributed by atoms with Gasteiger partial charge in [0.15, 0.2) is 0 Å². The Kier molecular flexibility index (Phi) is 5.28. The van der Waals surface area contributed by atoms with Crippen LogP contribution in [0.1, 0.15) is 53.8 Å². The summed E-state index contributed by atoms with van der Waals surface area (Å²) in [6, 6.07) is 10.2. The molecule has 0 atom stereocenters. The maximum absolute atomic E-state index is 12.9. The molecule has 6 nitrogen and oxygen atoms in total. The number of carbonyl (C=O) groups excluding carboxylic acids is 1. The van der Waals surface area contributed by atoms with Crippen LogP contribution in [0.2, 0.25) is 0 Å². The standard InChI is InChI=1S/C22H27N5O/c1-3-12-27-20(8-11-24-27)22(28)26-13-9-17(10-14-26)21-19(15-23-25-21)18-7-5-4-6-16(18)2/h4-8,11,15,17H,3,9-10,12-14H2,1-2H3,(H,23,25). The van der Waals surface area contributed by atoms with Crippen molar-refractivity contribution < 1.29 is 4.79 Å². The lowest BCUT2D eigenvalue weighted by molar-refractivity contribution is 0.0699. The maximum atomic E-state index is 12.9. The smallest absolute Gasteiger partial charge is 0.272 e. The van der Waals surface area contributed by atoms with Crippen molar-refractivity contribution in [3.05, 3.63) is 59.7 Å². The number of nitrogens with one attached hydrogen (secondary N) is 1. The molecule has 2 aromatic heterocycles. The average Bonchev–Trinajstić information content (AvgIpc) is 3.38. The third kappa shape index (κ3) is 3.46. The van der Waals surface area contributed by atoms with Crippen LogP contribution in [0, 0.1) is 6.92 Å². The van der Waals surface area contributed by atoms with Gasteiger partial charge in [-0.3, -0.25) is 14.6 Å². The molecule has 0 bridgehead atoms. The zero-order chi connectivity index (χ0) is 19.5. The van der Waals surface area contributed by atoms with Crippen LogP contribution in [0.4, 0.5) is 0 Å². The fourth-order valence-corrected chi connectivity index (χ4v) is 4.13. The summed E-state index contributed by atoms with van der Waals surface area (Å²) < 4.78 is 1.82. The molecule has 28 heavy (non-hydrogen) atoms. The Labute approximate surface area is 165 Å². The van der Waals surface area contributed by atoms with Gasteiger partial charge in [-0.05, 0) is 43.4 Å². The summed E-state index contributed by atoms with van der Waals surface area (Å²) in [6.45, 7) is 6.52. The monoisotopic (exact) mass is 377 g/mol. The van der Waals surface area contributed by atoms with Crippen LogP contribution in [0.3, 0.4) is 0 Å². The molecule has 1 aliphatic rings. The average molecular weight is 377 g/mol. The molecular weight excluding hydrogens is 350 g/mol. The molecule has 0 unspecified atom stereocenters. The fraction of sp³-hybridized carbons (Fsp3) is 0.409. The molecule has 3 aromatic rings. The first-order valence-corrected chi connectivity index (χ1v) is 10.1. The molecule has 1 amide bonds. The molecule has 0 aliphatic carbocycles. The van der Waals surface area contributed by atoms with Crippen LogP contribution < -0.4 is 0 Å². The summed E-state index contributed by atoms with van der Waals surface area (Å²) in [6.07, 6.45) is 6.49. The normalized spacial score (nSPS) is 15.1. The number of benzene rings is 1. The van der Waals surface area contributed by atoms with Gasteiger partial charge in [0.25, 0.3) is 5.91 Å². The number of aryl methyl sites for hydroxylation is 2. The fourth-order valence-electron chi connectivity index (χ4n) is 4.13. The summed E-state index contributed by atoms with van der Waals surface area (Å²) in [5, 5.41) is 11.8. The first kappa shape index (κ1) is 18.5. The van der Waals surface area contributed by atoms with Gasteiger partial charge >= 0.3 is 0 Å². The lowest BCUT2D eigenvalue weighted by Gasteiger charge is -2.32. The predicted octanol–water partition coefficient (Wildman–Crippen LogP) is 4.01. The Morgan fingerprint density at radius 1 is 1.18 bits per heavy atom. The molecule has 1 saturated heterocycles. The van der Waals surface area contributed by atoms with Crippen LogP contribution in [0.5, 0.6) is 0 Å². The maximum Gasteiger partial charge on any atom is 0.272 e. The second-order valence-electron chi connectivity index (χ2n) is 7.52. The zero-order valence-electron chi connectivity index (χ0n) is 16.6. The molecular formula is C22H27N5O. The van der Waals surface area contributed by atoms with Crippen molar-refractivity contribution in [2.24, 2.45) is 0 Å². The van der Waals surface area contributed by atoms with Gasteiger partial charge in [0, 0.05) is 43.0 Å². The summed E-state index contributed by atoms with van der Waals surface area (Å²) in [5.41, 5.74) is 5.55. The van der Waals surface area contributed by atoms with Crippen LogP contribution in [-0.4, -0.2) is 43.9 Å². The van der Waals surface area contributed by atoms with Crippen molar-refractivity contribution in [1.29, 1.82) is 0 Å². The van der Waals surface area contributed by atoms with Crippen molar-refractivity contribution in [2.45, 2.75) is 45.6 Å². The first-order valence-electron chi connectivity index (χ1n) is 10.1. The number of H-pyrrole nitrogens is 1. The van der Waals surface area contributed by atoms with Crippen LogP contribution in [0.15, 0.2) is 42.7 Å². The largest absolute Gasteiger partial charge is 0.337 e. The van der Waals surface area contributed by atoms with E-state index in [1.165, 1.54) is 22.4 Å². The second kappa shape index (κ2) is 8.00. The van der Waals surface area contributed by atoms with Gasteiger partial charge < -0.3 is 4.90 Å². The van der Waals surface area contributed by atoms with Crippen molar-refractivity contribution in [3.8, 4) is 11.1 Å². The SMILES string of the molecule is CCCn1nccc1C(=O)N1CCC(c2[nH]ncc2-c2ccccc2C)CC1. The Morgan fingerprint density at radius 2 is 1.96 bits per heavy atom. The van der Waals surface area contributed by atoms with Gasteiger partial charge in [-0.2, -0.15) is 10.2 Å². The second-order valence-corrected chi connectivity index (χ2v) is 7.52. The first-order chi connectivity index (χ1) is 13.7. The van der Waals surface area contributed by atoms with Crippen molar-refractivity contribution in [1.82, 2.24) is 24.9 Å². The molecule has 6 heteroatoms. The highest BCUT2D eigenvalue weighted by molar-refractivity contribution is 5.92. The van der Waals surface area contributed by atoms with E-state index in [0.717, 1.165) is 38.9 Å². The Balaban J connectivity index is 1.47. The van der Waals surface area contributed by atoms with E-state index in [-0.39, 0.29) is 5.91 Å². The van der Waals surface area contributed by atoms with E-state index in [9.17, 15) is 4.79 Å². The summed E-state index contributed by atoms with van der Waals surface area (Å²) >= 11 is 0. The Hall–Kier alpha value is -2.89. The third-order valence-electron chi connectivity index (χ3n) is 5.67. The number of hydrogen-bond acceptors (Lipinski definition) is 3. The van der Waals surface area contributed by atoms with E-state index in [4.69, 9.17) is 0 Å². The molecule has 0 spiro atoms. The quantitative estimate of drug-likeness (QED) is 0.730. The minimum Gasteiger partial charge on any atom is -0.337 e. The van der Waals surface area contributed by atoms with Gasteiger partial charge in [0.05, 0.1) is 6.20 Å². The van der Waals surface area contributed by atoms with Crippen LogP contribution in [0.25, 0.3) is 11.1 Å². The number of nitrogens with zero attached hydrogens (tertiary/aromatic N) is 4. The molecule has 0 radical (unpaired) electrons. The molecule has 1 aliphatic heterocycles.